The third-order valence-corrected chi connectivity index (χ3v) is 4.70. The van der Waals surface area contributed by atoms with E-state index in [1.54, 1.807) is 12.1 Å². The van der Waals surface area contributed by atoms with Crippen LogP contribution in [-0.4, -0.2) is 12.5 Å². The van der Waals surface area contributed by atoms with Crippen molar-refractivity contribution in [1.29, 1.82) is 0 Å². The van der Waals surface area contributed by atoms with Crippen molar-refractivity contribution < 1.29 is 13.9 Å². The number of para-hydroxylation sites is 1. The van der Waals surface area contributed by atoms with Gasteiger partial charge in [-0.3, -0.25) is 4.79 Å². The molecule has 0 aliphatic rings. The average molecular weight is 379 g/mol. The highest BCUT2D eigenvalue weighted by molar-refractivity contribution is 5.93. The number of benzene rings is 2. The fourth-order valence-electron chi connectivity index (χ4n) is 3.30. The maximum absolute atomic E-state index is 12.4. The van der Waals surface area contributed by atoms with Crippen molar-refractivity contribution in [1.82, 2.24) is 0 Å². The van der Waals surface area contributed by atoms with E-state index in [0.717, 1.165) is 47.0 Å². The standard InChI is InChI=1S/C23H25NO4/c1-4-7-17-12-22(26)28-20-13-18(10-11-19(17)20)27-14-21(25)24-23-15(3)8-6-9-16(23)5-2/h6,8-13H,4-5,7,14H2,1-3H3,(H,24,25). The zero-order valence-corrected chi connectivity index (χ0v) is 16.5. The van der Waals surface area contributed by atoms with Crippen LogP contribution in [0.4, 0.5) is 5.69 Å². The van der Waals surface area contributed by atoms with Crippen molar-refractivity contribution in [3.05, 3.63) is 69.6 Å². The van der Waals surface area contributed by atoms with E-state index in [4.69, 9.17) is 9.15 Å². The van der Waals surface area contributed by atoms with Gasteiger partial charge in [-0.25, -0.2) is 4.79 Å². The molecule has 0 radical (unpaired) electrons. The second-order valence-corrected chi connectivity index (χ2v) is 6.80. The Kier molecular flexibility index (Phi) is 6.14. The first-order chi connectivity index (χ1) is 13.5. The molecular formula is C23H25NO4. The predicted octanol–water partition coefficient (Wildman–Crippen LogP) is 4.63. The topological polar surface area (TPSA) is 68.5 Å². The summed E-state index contributed by atoms with van der Waals surface area (Å²) in [7, 11) is 0. The van der Waals surface area contributed by atoms with Crippen molar-refractivity contribution in [3.63, 3.8) is 0 Å². The van der Waals surface area contributed by atoms with Crippen LogP contribution < -0.4 is 15.7 Å². The molecule has 3 aromatic rings. The largest absolute Gasteiger partial charge is 0.484 e. The van der Waals surface area contributed by atoms with E-state index < -0.39 is 0 Å². The number of ether oxygens (including phenoxy) is 1. The molecule has 0 bridgehead atoms. The third kappa shape index (κ3) is 4.42. The highest BCUT2D eigenvalue weighted by Gasteiger charge is 2.11. The average Bonchev–Trinajstić information content (AvgIpc) is 2.67. The third-order valence-electron chi connectivity index (χ3n) is 4.70. The van der Waals surface area contributed by atoms with Crippen molar-refractivity contribution in [2.24, 2.45) is 0 Å². The first-order valence-electron chi connectivity index (χ1n) is 9.59. The second kappa shape index (κ2) is 8.74. The smallest absolute Gasteiger partial charge is 0.336 e. The van der Waals surface area contributed by atoms with E-state index >= 15 is 0 Å². The van der Waals surface area contributed by atoms with Gasteiger partial charge in [0.15, 0.2) is 6.61 Å². The van der Waals surface area contributed by atoms with Gasteiger partial charge in [0.05, 0.1) is 0 Å². The minimum absolute atomic E-state index is 0.123. The molecule has 2 aromatic carbocycles. The Morgan fingerprint density at radius 3 is 2.68 bits per heavy atom. The number of fused-ring (bicyclic) bond motifs is 1. The zero-order valence-electron chi connectivity index (χ0n) is 16.5. The number of carbonyl (C=O) groups is 1. The molecule has 1 amide bonds. The molecule has 3 rings (SSSR count). The molecule has 28 heavy (non-hydrogen) atoms. The summed E-state index contributed by atoms with van der Waals surface area (Å²) in [4.78, 5) is 24.1. The summed E-state index contributed by atoms with van der Waals surface area (Å²) >= 11 is 0. The van der Waals surface area contributed by atoms with E-state index in [9.17, 15) is 9.59 Å². The van der Waals surface area contributed by atoms with Crippen LogP contribution in [0.25, 0.3) is 11.0 Å². The van der Waals surface area contributed by atoms with Crippen LogP contribution in [0.3, 0.4) is 0 Å². The number of amides is 1. The van der Waals surface area contributed by atoms with Gasteiger partial charge in [0, 0.05) is 23.2 Å². The molecule has 0 fully saturated rings. The summed E-state index contributed by atoms with van der Waals surface area (Å²) < 4.78 is 10.9. The number of nitrogens with one attached hydrogen (secondary N) is 1. The summed E-state index contributed by atoms with van der Waals surface area (Å²) in [6.45, 7) is 5.96. The number of anilines is 1. The van der Waals surface area contributed by atoms with Crippen LogP contribution >= 0.6 is 0 Å². The molecule has 5 nitrogen and oxygen atoms in total. The van der Waals surface area contributed by atoms with Gasteiger partial charge in [0.25, 0.3) is 5.91 Å². The molecular weight excluding hydrogens is 354 g/mol. The molecule has 0 atom stereocenters. The van der Waals surface area contributed by atoms with Gasteiger partial charge in [-0.1, -0.05) is 38.5 Å². The Balaban J connectivity index is 1.73. The molecule has 0 spiro atoms. The van der Waals surface area contributed by atoms with Gasteiger partial charge in [-0.05, 0) is 48.6 Å². The lowest BCUT2D eigenvalue weighted by Gasteiger charge is -2.13. The van der Waals surface area contributed by atoms with Gasteiger partial charge in [0.1, 0.15) is 11.3 Å². The Bertz CT molecular complexity index is 1050. The molecule has 0 aliphatic heterocycles. The van der Waals surface area contributed by atoms with Gasteiger partial charge in [-0.15, -0.1) is 0 Å². The van der Waals surface area contributed by atoms with Gasteiger partial charge >= 0.3 is 5.63 Å². The van der Waals surface area contributed by atoms with Crippen molar-refractivity contribution in [2.75, 3.05) is 11.9 Å². The summed E-state index contributed by atoms with van der Waals surface area (Å²) in [6.07, 6.45) is 2.58. The number of hydrogen-bond acceptors (Lipinski definition) is 4. The van der Waals surface area contributed by atoms with Crippen LogP contribution in [-0.2, 0) is 17.6 Å². The highest BCUT2D eigenvalue weighted by Crippen LogP contribution is 2.24. The van der Waals surface area contributed by atoms with Crippen molar-refractivity contribution in [2.45, 2.75) is 40.0 Å². The normalized spacial score (nSPS) is 10.8. The van der Waals surface area contributed by atoms with Crippen LogP contribution in [0, 0.1) is 6.92 Å². The summed E-state index contributed by atoms with van der Waals surface area (Å²) in [5.74, 6) is 0.255. The van der Waals surface area contributed by atoms with Crippen molar-refractivity contribution >= 4 is 22.6 Å². The summed E-state index contributed by atoms with van der Waals surface area (Å²) in [5, 5.41) is 3.83. The Labute approximate surface area is 164 Å². The van der Waals surface area contributed by atoms with Crippen LogP contribution in [0.15, 0.2) is 51.7 Å². The van der Waals surface area contributed by atoms with E-state index in [-0.39, 0.29) is 18.1 Å². The predicted molar refractivity (Wildman–Crippen MR) is 111 cm³/mol. The minimum Gasteiger partial charge on any atom is -0.484 e. The maximum atomic E-state index is 12.4. The van der Waals surface area contributed by atoms with Crippen molar-refractivity contribution in [3.8, 4) is 5.75 Å². The molecule has 1 heterocycles. The number of carbonyl (C=O) groups excluding carboxylic acids is 1. The van der Waals surface area contributed by atoms with Crippen LogP contribution in [0.2, 0.25) is 0 Å². The Morgan fingerprint density at radius 2 is 1.93 bits per heavy atom. The van der Waals surface area contributed by atoms with Gasteiger partial charge < -0.3 is 14.5 Å². The van der Waals surface area contributed by atoms with Crippen LogP contribution in [0.5, 0.6) is 5.75 Å². The lowest BCUT2D eigenvalue weighted by molar-refractivity contribution is -0.118. The van der Waals surface area contributed by atoms with Gasteiger partial charge in [0.2, 0.25) is 0 Å². The number of rotatable bonds is 7. The minimum atomic E-state index is -0.377. The molecule has 0 aliphatic carbocycles. The second-order valence-electron chi connectivity index (χ2n) is 6.80. The summed E-state index contributed by atoms with van der Waals surface area (Å²) in [5.41, 5.74) is 4.00. The Hall–Kier alpha value is -3.08. The molecule has 0 saturated carbocycles. The molecule has 5 heteroatoms. The van der Waals surface area contributed by atoms with E-state index in [1.165, 1.54) is 6.07 Å². The maximum Gasteiger partial charge on any atom is 0.336 e. The quantitative estimate of drug-likeness (QED) is 0.608. The van der Waals surface area contributed by atoms with Crippen LogP contribution in [0.1, 0.15) is 37.0 Å². The van der Waals surface area contributed by atoms with E-state index in [2.05, 4.69) is 19.2 Å². The van der Waals surface area contributed by atoms with E-state index in [0.29, 0.717) is 11.3 Å². The first-order valence-corrected chi connectivity index (χ1v) is 9.59. The van der Waals surface area contributed by atoms with E-state index in [1.807, 2.05) is 31.2 Å². The SMILES string of the molecule is CCCc1cc(=O)oc2cc(OCC(=O)Nc3c(C)cccc3CC)ccc12. The number of hydrogen-bond donors (Lipinski definition) is 1. The zero-order chi connectivity index (χ0) is 20.1. The highest BCUT2D eigenvalue weighted by atomic mass is 16.5. The molecule has 1 N–H and O–H groups in total. The fraction of sp³-hybridized carbons (Fsp3) is 0.304. The molecule has 146 valence electrons. The first kappa shape index (κ1) is 19.7. The number of aryl methyl sites for hydroxylation is 3. The molecule has 0 unspecified atom stereocenters. The Morgan fingerprint density at radius 1 is 1.11 bits per heavy atom. The van der Waals surface area contributed by atoms with Gasteiger partial charge in [-0.2, -0.15) is 0 Å². The lowest BCUT2D eigenvalue weighted by Crippen LogP contribution is -2.21. The summed E-state index contributed by atoms with van der Waals surface area (Å²) in [6, 6.07) is 12.8. The monoisotopic (exact) mass is 379 g/mol. The molecule has 0 saturated heterocycles. The fourth-order valence-corrected chi connectivity index (χ4v) is 3.30. The molecule has 1 aromatic heterocycles. The lowest BCUT2D eigenvalue weighted by atomic mass is 10.1.